The molecule has 0 fully saturated rings. The summed E-state index contributed by atoms with van der Waals surface area (Å²) in [5.41, 5.74) is 0.813. The van der Waals surface area contributed by atoms with E-state index in [-0.39, 0.29) is 12.0 Å². The lowest BCUT2D eigenvalue weighted by Crippen LogP contribution is -2.27. The fourth-order valence-electron chi connectivity index (χ4n) is 2.26. The summed E-state index contributed by atoms with van der Waals surface area (Å²) in [6.07, 6.45) is 3.00. The van der Waals surface area contributed by atoms with Crippen LogP contribution in [0.5, 0.6) is 0 Å². The van der Waals surface area contributed by atoms with Crippen molar-refractivity contribution in [3.63, 3.8) is 0 Å². The molecule has 4 nitrogen and oxygen atoms in total. The van der Waals surface area contributed by atoms with Crippen molar-refractivity contribution in [3.05, 3.63) is 64.6 Å². The molecule has 1 unspecified atom stereocenters. The van der Waals surface area contributed by atoms with Crippen LogP contribution in [0.15, 0.2) is 58.3 Å². The highest BCUT2D eigenvalue weighted by Gasteiger charge is 2.16. The minimum atomic E-state index is -0.318. The standard InChI is InChI=1S/C18H17NO3S/c1-21-17(16-11-13-5-2-3-7-15(13)22-16)12-19-18(20)9-8-14-6-4-10-23-14/h2-11,17H,12H2,1H3,(H,19,20)/b9-8+. The maximum Gasteiger partial charge on any atom is 0.244 e. The normalized spacial score (nSPS) is 12.7. The van der Waals surface area contributed by atoms with E-state index < -0.39 is 0 Å². The van der Waals surface area contributed by atoms with Crippen molar-refractivity contribution in [2.45, 2.75) is 6.10 Å². The van der Waals surface area contributed by atoms with E-state index >= 15 is 0 Å². The van der Waals surface area contributed by atoms with Crippen molar-refractivity contribution in [1.82, 2.24) is 5.32 Å². The van der Waals surface area contributed by atoms with Gasteiger partial charge in [-0.25, -0.2) is 0 Å². The van der Waals surface area contributed by atoms with E-state index in [1.165, 1.54) is 6.08 Å². The molecular formula is C18H17NO3S. The Labute approximate surface area is 138 Å². The van der Waals surface area contributed by atoms with Gasteiger partial charge in [-0.2, -0.15) is 0 Å². The predicted octanol–water partition coefficient (Wildman–Crippen LogP) is 4.01. The van der Waals surface area contributed by atoms with Gasteiger partial charge < -0.3 is 14.5 Å². The minimum Gasteiger partial charge on any atom is -0.458 e. The Balaban J connectivity index is 1.62. The van der Waals surface area contributed by atoms with Crippen molar-refractivity contribution >= 4 is 34.3 Å². The number of benzene rings is 1. The molecule has 0 aliphatic heterocycles. The Morgan fingerprint density at radius 1 is 1.35 bits per heavy atom. The quantitative estimate of drug-likeness (QED) is 0.696. The summed E-state index contributed by atoms with van der Waals surface area (Å²) in [7, 11) is 1.60. The van der Waals surface area contributed by atoms with Crippen molar-refractivity contribution in [2.75, 3.05) is 13.7 Å². The van der Waals surface area contributed by atoms with Crippen LogP contribution in [0.3, 0.4) is 0 Å². The van der Waals surface area contributed by atoms with Crippen molar-refractivity contribution < 1.29 is 13.9 Å². The second kappa shape index (κ2) is 7.26. The van der Waals surface area contributed by atoms with Gasteiger partial charge in [0.2, 0.25) is 5.91 Å². The van der Waals surface area contributed by atoms with E-state index in [9.17, 15) is 4.79 Å². The SMILES string of the molecule is COC(CNC(=O)/C=C/c1cccs1)c1cc2ccccc2o1. The van der Waals surface area contributed by atoms with Gasteiger partial charge in [0.05, 0.1) is 6.54 Å². The van der Waals surface area contributed by atoms with Crippen LogP contribution in [0.2, 0.25) is 0 Å². The smallest absolute Gasteiger partial charge is 0.244 e. The Kier molecular flexibility index (Phi) is 4.90. The molecule has 1 amide bonds. The number of thiophene rings is 1. The molecule has 0 bridgehead atoms. The van der Waals surface area contributed by atoms with E-state index in [1.54, 1.807) is 24.5 Å². The molecule has 5 heteroatoms. The fourth-order valence-corrected chi connectivity index (χ4v) is 2.88. The zero-order valence-electron chi connectivity index (χ0n) is 12.7. The molecule has 23 heavy (non-hydrogen) atoms. The Morgan fingerprint density at radius 2 is 2.22 bits per heavy atom. The van der Waals surface area contributed by atoms with Gasteiger partial charge >= 0.3 is 0 Å². The van der Waals surface area contributed by atoms with Crippen LogP contribution < -0.4 is 5.32 Å². The average Bonchev–Trinajstić information content (AvgIpc) is 3.22. The Morgan fingerprint density at radius 3 is 2.96 bits per heavy atom. The highest BCUT2D eigenvalue weighted by atomic mass is 32.1. The summed E-state index contributed by atoms with van der Waals surface area (Å²) in [5.74, 6) is 0.549. The minimum absolute atomic E-state index is 0.156. The van der Waals surface area contributed by atoms with Crippen molar-refractivity contribution in [2.24, 2.45) is 0 Å². The third-order valence-electron chi connectivity index (χ3n) is 3.45. The molecule has 0 saturated heterocycles. The predicted molar refractivity (Wildman–Crippen MR) is 92.3 cm³/mol. The van der Waals surface area contributed by atoms with Crippen LogP contribution in [-0.4, -0.2) is 19.6 Å². The van der Waals surface area contributed by atoms with E-state index in [1.807, 2.05) is 47.8 Å². The molecular weight excluding hydrogens is 310 g/mol. The first kappa shape index (κ1) is 15.5. The van der Waals surface area contributed by atoms with Gasteiger partial charge in [-0.3, -0.25) is 4.79 Å². The van der Waals surface area contributed by atoms with Gasteiger partial charge in [-0.15, -0.1) is 11.3 Å². The number of hydrogen-bond acceptors (Lipinski definition) is 4. The molecule has 2 heterocycles. The van der Waals surface area contributed by atoms with Crippen LogP contribution >= 0.6 is 11.3 Å². The van der Waals surface area contributed by atoms with Gasteiger partial charge in [-0.1, -0.05) is 24.3 Å². The Hall–Kier alpha value is -2.37. The molecule has 0 spiro atoms. The Bertz CT molecular complexity index is 772. The van der Waals surface area contributed by atoms with Gasteiger partial charge in [0, 0.05) is 23.4 Å². The topological polar surface area (TPSA) is 51.5 Å². The summed E-state index contributed by atoms with van der Waals surface area (Å²) in [6.45, 7) is 0.351. The number of furan rings is 1. The number of amides is 1. The first-order valence-electron chi connectivity index (χ1n) is 7.27. The molecule has 1 aromatic carbocycles. The van der Waals surface area contributed by atoms with Crippen molar-refractivity contribution in [1.29, 1.82) is 0 Å². The van der Waals surface area contributed by atoms with Gasteiger partial charge in [-0.05, 0) is 29.7 Å². The first-order chi connectivity index (χ1) is 11.3. The number of rotatable bonds is 6. The molecule has 3 aromatic rings. The van der Waals surface area contributed by atoms with E-state index in [2.05, 4.69) is 5.32 Å². The molecule has 0 saturated carbocycles. The highest BCUT2D eigenvalue weighted by molar-refractivity contribution is 7.10. The third kappa shape index (κ3) is 3.88. The monoisotopic (exact) mass is 327 g/mol. The van der Waals surface area contributed by atoms with E-state index in [0.29, 0.717) is 12.3 Å². The zero-order chi connectivity index (χ0) is 16.1. The van der Waals surface area contributed by atoms with Crippen LogP contribution in [0.4, 0.5) is 0 Å². The molecule has 3 rings (SSSR count). The third-order valence-corrected chi connectivity index (χ3v) is 4.29. The van der Waals surface area contributed by atoms with Crippen LogP contribution in [0.25, 0.3) is 17.0 Å². The number of carbonyl (C=O) groups excluding carboxylic acids is 1. The maximum absolute atomic E-state index is 11.9. The fraction of sp³-hybridized carbons (Fsp3) is 0.167. The summed E-state index contributed by atoms with van der Waals surface area (Å²) in [4.78, 5) is 12.9. The number of fused-ring (bicyclic) bond motifs is 1. The summed E-state index contributed by atoms with van der Waals surface area (Å²) in [6, 6.07) is 13.6. The summed E-state index contributed by atoms with van der Waals surface area (Å²) in [5, 5.41) is 5.83. The molecule has 0 aliphatic carbocycles. The number of ether oxygens (including phenoxy) is 1. The van der Waals surface area contributed by atoms with E-state index in [4.69, 9.17) is 9.15 Å². The molecule has 0 radical (unpaired) electrons. The lowest BCUT2D eigenvalue weighted by molar-refractivity contribution is -0.117. The molecule has 118 valence electrons. The zero-order valence-corrected chi connectivity index (χ0v) is 13.5. The second-order valence-electron chi connectivity index (χ2n) is 5.00. The molecule has 1 N–H and O–H groups in total. The van der Waals surface area contributed by atoms with Gasteiger partial charge in [0.1, 0.15) is 17.4 Å². The summed E-state index contributed by atoms with van der Waals surface area (Å²) < 4.78 is 11.2. The number of carbonyl (C=O) groups is 1. The van der Waals surface area contributed by atoms with Crippen LogP contribution in [0.1, 0.15) is 16.7 Å². The number of methoxy groups -OCH3 is 1. The van der Waals surface area contributed by atoms with Gasteiger partial charge in [0.15, 0.2) is 0 Å². The number of hydrogen-bond donors (Lipinski definition) is 1. The lowest BCUT2D eigenvalue weighted by Gasteiger charge is -2.12. The average molecular weight is 327 g/mol. The molecule has 0 aliphatic rings. The molecule has 1 atom stereocenters. The van der Waals surface area contributed by atoms with Crippen molar-refractivity contribution in [3.8, 4) is 0 Å². The lowest BCUT2D eigenvalue weighted by atomic mass is 10.2. The maximum atomic E-state index is 11.9. The molecule has 2 aromatic heterocycles. The largest absolute Gasteiger partial charge is 0.458 e. The second-order valence-corrected chi connectivity index (χ2v) is 5.98. The number of para-hydroxylation sites is 1. The van der Waals surface area contributed by atoms with Crippen LogP contribution in [-0.2, 0) is 9.53 Å². The summed E-state index contributed by atoms with van der Waals surface area (Å²) >= 11 is 1.59. The first-order valence-corrected chi connectivity index (χ1v) is 8.15. The highest BCUT2D eigenvalue weighted by Crippen LogP contribution is 2.25. The van der Waals surface area contributed by atoms with Gasteiger partial charge in [0.25, 0.3) is 0 Å². The van der Waals surface area contributed by atoms with E-state index in [0.717, 1.165) is 15.8 Å². The number of nitrogens with one attached hydrogen (secondary N) is 1. The van der Waals surface area contributed by atoms with Crippen LogP contribution in [0, 0.1) is 0 Å².